The number of benzene rings is 1. The molecule has 172 valence electrons. The first-order valence-electron chi connectivity index (χ1n) is 11.2. The van der Waals surface area contributed by atoms with Crippen molar-refractivity contribution in [1.82, 2.24) is 19.9 Å². The molecule has 1 aliphatic rings. The van der Waals surface area contributed by atoms with Gasteiger partial charge in [0.25, 0.3) is 0 Å². The van der Waals surface area contributed by atoms with Gasteiger partial charge in [0.15, 0.2) is 5.82 Å². The number of methoxy groups -OCH3 is 2. The molecule has 1 aromatic carbocycles. The molecule has 2 unspecified atom stereocenters. The van der Waals surface area contributed by atoms with Gasteiger partial charge in [-0.2, -0.15) is 0 Å². The molecule has 8 heteroatoms. The van der Waals surface area contributed by atoms with E-state index in [-0.39, 0.29) is 0 Å². The smallest absolute Gasteiger partial charge is 0.227 e. The zero-order valence-electron chi connectivity index (χ0n) is 19.9. The van der Waals surface area contributed by atoms with Crippen LogP contribution in [0.1, 0.15) is 43.2 Å². The third-order valence-corrected chi connectivity index (χ3v) is 6.72. The van der Waals surface area contributed by atoms with Gasteiger partial charge in [-0.25, -0.2) is 0 Å². The minimum absolute atomic E-state index is 0.600. The van der Waals surface area contributed by atoms with Crippen LogP contribution in [0, 0.1) is 25.7 Å². The number of hydrogen-bond acceptors (Lipinski definition) is 7. The molecule has 0 saturated heterocycles. The lowest BCUT2D eigenvalue weighted by Crippen LogP contribution is -2.24. The summed E-state index contributed by atoms with van der Waals surface area (Å²) in [6, 6.07) is 5.84. The van der Waals surface area contributed by atoms with Crippen molar-refractivity contribution in [3.8, 4) is 22.9 Å². The molecule has 4 rings (SSSR count). The van der Waals surface area contributed by atoms with Gasteiger partial charge in [-0.15, -0.1) is 10.2 Å². The van der Waals surface area contributed by atoms with E-state index in [0.717, 1.165) is 52.4 Å². The molecule has 2 heterocycles. The second-order valence-corrected chi connectivity index (χ2v) is 8.86. The Labute approximate surface area is 189 Å². The predicted octanol–water partition coefficient (Wildman–Crippen LogP) is 4.64. The van der Waals surface area contributed by atoms with E-state index in [1.807, 2.05) is 39.1 Å². The van der Waals surface area contributed by atoms with Crippen LogP contribution in [0.4, 0.5) is 5.95 Å². The Balaban J connectivity index is 1.75. The van der Waals surface area contributed by atoms with Crippen LogP contribution in [-0.4, -0.2) is 41.2 Å². The van der Waals surface area contributed by atoms with E-state index in [2.05, 4.69) is 31.7 Å². The van der Waals surface area contributed by atoms with Crippen molar-refractivity contribution in [2.75, 3.05) is 26.2 Å². The molecule has 1 fully saturated rings. The van der Waals surface area contributed by atoms with Gasteiger partial charge in [0.1, 0.15) is 17.3 Å². The van der Waals surface area contributed by atoms with E-state index in [9.17, 15) is 0 Å². The van der Waals surface area contributed by atoms with Crippen molar-refractivity contribution in [3.63, 3.8) is 0 Å². The van der Waals surface area contributed by atoms with Gasteiger partial charge in [-0.05, 0) is 44.2 Å². The fraction of sp³-hybridized carbons (Fsp3) is 0.542. The summed E-state index contributed by atoms with van der Waals surface area (Å²) in [7, 11) is 5.36. The molecule has 3 aromatic rings. The van der Waals surface area contributed by atoms with Crippen LogP contribution < -0.4 is 14.4 Å². The van der Waals surface area contributed by atoms with Crippen LogP contribution in [-0.2, 0) is 13.1 Å². The quantitative estimate of drug-likeness (QED) is 0.506. The number of aromatic nitrogens is 4. The Morgan fingerprint density at radius 2 is 1.81 bits per heavy atom. The minimum atomic E-state index is 0.600. The van der Waals surface area contributed by atoms with Gasteiger partial charge < -0.3 is 18.9 Å². The Kier molecular flexibility index (Phi) is 6.39. The monoisotopic (exact) mass is 439 g/mol. The summed E-state index contributed by atoms with van der Waals surface area (Å²) in [6.45, 7) is 7.80. The molecule has 1 aliphatic carbocycles. The van der Waals surface area contributed by atoms with Gasteiger partial charge in [-0.1, -0.05) is 24.9 Å². The lowest BCUT2D eigenvalue weighted by atomic mass is 9.98. The van der Waals surface area contributed by atoms with Gasteiger partial charge in [0.05, 0.1) is 26.5 Å². The summed E-state index contributed by atoms with van der Waals surface area (Å²) in [4.78, 5) is 2.13. The highest BCUT2D eigenvalue weighted by atomic mass is 16.5. The second-order valence-electron chi connectivity index (χ2n) is 8.86. The number of rotatable bonds is 8. The third kappa shape index (κ3) is 4.31. The van der Waals surface area contributed by atoms with Crippen molar-refractivity contribution in [2.24, 2.45) is 11.8 Å². The van der Waals surface area contributed by atoms with Crippen LogP contribution in [0.5, 0.6) is 11.5 Å². The summed E-state index contributed by atoms with van der Waals surface area (Å²) < 4.78 is 18.6. The van der Waals surface area contributed by atoms with E-state index in [0.29, 0.717) is 18.4 Å². The van der Waals surface area contributed by atoms with E-state index in [1.165, 1.54) is 19.3 Å². The van der Waals surface area contributed by atoms with Gasteiger partial charge in [0, 0.05) is 30.8 Å². The van der Waals surface area contributed by atoms with Crippen LogP contribution in [0.25, 0.3) is 11.4 Å². The molecular formula is C24H33N5O3. The highest BCUT2D eigenvalue weighted by Crippen LogP contribution is 2.36. The lowest BCUT2D eigenvalue weighted by Gasteiger charge is -2.23. The Morgan fingerprint density at radius 1 is 1.09 bits per heavy atom. The summed E-state index contributed by atoms with van der Waals surface area (Å²) in [5.74, 6) is 5.24. The number of hydrogen-bond donors (Lipinski definition) is 0. The number of anilines is 1. The molecule has 1 saturated carbocycles. The normalized spacial score (nSPS) is 18.2. The number of ether oxygens (including phenoxy) is 2. The second kappa shape index (κ2) is 9.22. The topological polar surface area (TPSA) is 78.4 Å². The Hall–Kier alpha value is -3.03. The average molecular weight is 440 g/mol. The minimum Gasteiger partial charge on any atom is -0.497 e. The first-order valence-corrected chi connectivity index (χ1v) is 11.2. The van der Waals surface area contributed by atoms with Crippen LogP contribution in [0.15, 0.2) is 22.7 Å². The van der Waals surface area contributed by atoms with Gasteiger partial charge in [0.2, 0.25) is 5.95 Å². The highest BCUT2D eigenvalue weighted by Gasteiger charge is 2.28. The predicted molar refractivity (Wildman–Crippen MR) is 123 cm³/mol. The number of aryl methyl sites for hydroxylation is 2. The van der Waals surface area contributed by atoms with Crippen molar-refractivity contribution in [3.05, 3.63) is 35.2 Å². The summed E-state index contributed by atoms with van der Waals surface area (Å²) in [5, 5.41) is 13.3. The third-order valence-electron chi connectivity index (χ3n) is 6.72. The lowest BCUT2D eigenvalue weighted by molar-refractivity contribution is 0.365. The van der Waals surface area contributed by atoms with E-state index in [4.69, 9.17) is 14.0 Å². The van der Waals surface area contributed by atoms with Gasteiger partial charge in [-0.3, -0.25) is 4.57 Å². The number of nitrogens with zero attached hydrogens (tertiary/aromatic N) is 5. The van der Waals surface area contributed by atoms with Crippen molar-refractivity contribution in [1.29, 1.82) is 0 Å². The maximum Gasteiger partial charge on any atom is 0.227 e. The molecule has 0 amide bonds. The summed E-state index contributed by atoms with van der Waals surface area (Å²) in [6.07, 6.45) is 3.78. The maximum absolute atomic E-state index is 5.49. The van der Waals surface area contributed by atoms with E-state index in [1.54, 1.807) is 14.2 Å². The molecule has 8 nitrogen and oxygen atoms in total. The summed E-state index contributed by atoms with van der Waals surface area (Å²) in [5.41, 5.74) is 2.92. The molecule has 32 heavy (non-hydrogen) atoms. The standard InChI is InChI=1S/C24H33N5O3/c1-15-8-7-9-18(15)13-29-23(19-10-20(30-5)12-21(11-19)31-6)25-26-24(29)28(4)14-22-16(2)27-32-17(22)3/h10-12,15,18H,7-9,13-14H2,1-6H3. The fourth-order valence-electron chi connectivity index (χ4n) is 4.66. The fourth-order valence-corrected chi connectivity index (χ4v) is 4.66. The zero-order chi connectivity index (χ0) is 22.8. The van der Waals surface area contributed by atoms with Crippen molar-refractivity contribution < 1.29 is 14.0 Å². The first kappa shape index (κ1) is 22.2. The van der Waals surface area contributed by atoms with E-state index < -0.39 is 0 Å². The van der Waals surface area contributed by atoms with E-state index >= 15 is 0 Å². The highest BCUT2D eigenvalue weighted by molar-refractivity contribution is 5.63. The van der Waals surface area contributed by atoms with Gasteiger partial charge >= 0.3 is 0 Å². The SMILES string of the molecule is COc1cc(OC)cc(-c2nnc(N(C)Cc3c(C)noc3C)n2CC2CCCC2C)c1. The molecule has 0 radical (unpaired) electrons. The summed E-state index contributed by atoms with van der Waals surface area (Å²) >= 11 is 0. The maximum atomic E-state index is 5.49. The van der Waals surface area contributed by atoms with Crippen LogP contribution >= 0.6 is 0 Å². The molecule has 0 aliphatic heterocycles. The molecule has 2 atom stereocenters. The molecule has 2 aromatic heterocycles. The molecule has 0 bridgehead atoms. The molecule has 0 spiro atoms. The molecule has 0 N–H and O–H groups in total. The Morgan fingerprint density at radius 3 is 2.38 bits per heavy atom. The largest absolute Gasteiger partial charge is 0.497 e. The van der Waals surface area contributed by atoms with Crippen LogP contribution in [0.2, 0.25) is 0 Å². The Bertz CT molecular complexity index is 1030. The first-order chi connectivity index (χ1) is 15.4. The van der Waals surface area contributed by atoms with Crippen LogP contribution in [0.3, 0.4) is 0 Å². The zero-order valence-corrected chi connectivity index (χ0v) is 19.9. The average Bonchev–Trinajstić information content (AvgIpc) is 3.49. The van der Waals surface area contributed by atoms with Crippen molar-refractivity contribution in [2.45, 2.75) is 53.1 Å². The molecular weight excluding hydrogens is 406 g/mol. The van der Waals surface area contributed by atoms with Crippen molar-refractivity contribution >= 4 is 5.95 Å².